The highest BCUT2D eigenvalue weighted by molar-refractivity contribution is 7.98. The summed E-state index contributed by atoms with van der Waals surface area (Å²) >= 11 is 13.7. The maximum atomic E-state index is 11.9. The van der Waals surface area contributed by atoms with Gasteiger partial charge in [-0.25, -0.2) is 19.9 Å². The number of rotatable bonds is 4. The van der Waals surface area contributed by atoms with E-state index in [1.807, 2.05) is 84.9 Å². The van der Waals surface area contributed by atoms with Gasteiger partial charge in [0.25, 0.3) is 0 Å². The van der Waals surface area contributed by atoms with Crippen LogP contribution in [-0.2, 0) is 10.8 Å². The lowest BCUT2D eigenvalue weighted by Crippen LogP contribution is -1.96. The van der Waals surface area contributed by atoms with Crippen LogP contribution in [-0.4, -0.2) is 36.7 Å². The number of fused-ring (bicyclic) bond motifs is 2. The van der Waals surface area contributed by atoms with Crippen LogP contribution in [0.5, 0.6) is 0 Å². The number of halogens is 2. The summed E-state index contributed by atoms with van der Waals surface area (Å²) in [5.74, 6) is 0. The molecule has 1 unspecified atom stereocenters. The first-order chi connectivity index (χ1) is 19.0. The highest BCUT2D eigenvalue weighted by Crippen LogP contribution is 2.34. The van der Waals surface area contributed by atoms with E-state index in [1.54, 1.807) is 18.0 Å². The summed E-state index contributed by atoms with van der Waals surface area (Å²) in [6.07, 6.45) is 3.72. The van der Waals surface area contributed by atoms with E-state index in [9.17, 15) is 4.21 Å². The topological polar surface area (TPSA) is 68.6 Å². The SMILES string of the molecule is CS(=O)c1ccccc1-c1nc(Cl)nc2ccccc12.CSc1ccccc1-c1nc(Cl)nc2ccccc12. The van der Waals surface area contributed by atoms with Crippen molar-refractivity contribution in [2.75, 3.05) is 12.5 Å². The van der Waals surface area contributed by atoms with E-state index < -0.39 is 10.8 Å². The molecule has 4 aromatic carbocycles. The quantitative estimate of drug-likeness (QED) is 0.152. The van der Waals surface area contributed by atoms with Crippen LogP contribution in [0.25, 0.3) is 44.3 Å². The van der Waals surface area contributed by atoms with Crippen LogP contribution in [0.15, 0.2) is 107 Å². The van der Waals surface area contributed by atoms with Gasteiger partial charge in [0.1, 0.15) is 0 Å². The fraction of sp³-hybridized carbons (Fsp3) is 0.0667. The van der Waals surface area contributed by atoms with Gasteiger partial charge < -0.3 is 0 Å². The van der Waals surface area contributed by atoms with E-state index in [0.29, 0.717) is 5.69 Å². The predicted molar refractivity (Wildman–Crippen MR) is 164 cm³/mol. The van der Waals surface area contributed by atoms with Gasteiger partial charge in [0.2, 0.25) is 10.6 Å². The van der Waals surface area contributed by atoms with Gasteiger partial charge in [-0.05, 0) is 53.7 Å². The molecular weight excluding hydrogens is 567 g/mol. The summed E-state index contributed by atoms with van der Waals surface area (Å²) in [6, 6.07) is 31.3. The lowest BCUT2D eigenvalue weighted by molar-refractivity contribution is 0.687. The van der Waals surface area contributed by atoms with Crippen molar-refractivity contribution in [2.24, 2.45) is 0 Å². The minimum absolute atomic E-state index is 0.190. The van der Waals surface area contributed by atoms with Gasteiger partial charge >= 0.3 is 0 Å². The number of hydrogen-bond donors (Lipinski definition) is 0. The van der Waals surface area contributed by atoms with Gasteiger partial charge in [0.05, 0.1) is 33.2 Å². The summed E-state index contributed by atoms with van der Waals surface area (Å²) < 4.78 is 11.9. The number of aromatic nitrogens is 4. The Labute approximate surface area is 243 Å². The first-order valence-electron chi connectivity index (χ1n) is 11.9. The van der Waals surface area contributed by atoms with Gasteiger partial charge in [0, 0.05) is 37.9 Å². The Morgan fingerprint density at radius 3 is 1.64 bits per heavy atom. The van der Waals surface area contributed by atoms with Gasteiger partial charge in [-0.15, -0.1) is 11.8 Å². The molecule has 1 atom stereocenters. The largest absolute Gasteiger partial charge is 0.255 e. The molecule has 0 N–H and O–H groups in total. The van der Waals surface area contributed by atoms with Crippen LogP contribution in [0, 0.1) is 0 Å². The van der Waals surface area contributed by atoms with Crippen LogP contribution in [0.2, 0.25) is 10.6 Å². The molecule has 0 fully saturated rings. The van der Waals surface area contributed by atoms with E-state index in [4.69, 9.17) is 23.2 Å². The van der Waals surface area contributed by atoms with Gasteiger partial charge in [0.15, 0.2) is 0 Å². The summed E-state index contributed by atoms with van der Waals surface area (Å²) in [5, 5.41) is 2.39. The molecule has 0 aliphatic heterocycles. The molecule has 0 spiro atoms. The zero-order chi connectivity index (χ0) is 27.4. The molecule has 2 heterocycles. The third-order valence-corrected chi connectivity index (χ3v) is 8.08. The number of hydrogen-bond acceptors (Lipinski definition) is 6. The predicted octanol–water partition coefficient (Wildman–Crippen LogP) is 8.36. The Morgan fingerprint density at radius 1 is 0.615 bits per heavy atom. The first-order valence-corrected chi connectivity index (χ1v) is 15.4. The highest BCUT2D eigenvalue weighted by Gasteiger charge is 2.14. The second-order valence-corrected chi connectivity index (χ2v) is 11.2. The van der Waals surface area contributed by atoms with Crippen LogP contribution in [0.1, 0.15) is 0 Å². The third kappa shape index (κ3) is 5.97. The number of para-hydroxylation sites is 2. The molecule has 5 nitrogen and oxygen atoms in total. The summed E-state index contributed by atoms with van der Waals surface area (Å²) in [7, 11) is -1.09. The molecule has 0 saturated heterocycles. The van der Waals surface area contributed by atoms with Crippen LogP contribution >= 0.6 is 35.0 Å². The third-order valence-electron chi connectivity index (χ3n) is 5.97. The maximum Gasteiger partial charge on any atom is 0.223 e. The number of benzene rings is 4. The molecule has 0 bridgehead atoms. The molecule has 39 heavy (non-hydrogen) atoms. The smallest absolute Gasteiger partial charge is 0.223 e. The lowest BCUT2D eigenvalue weighted by atomic mass is 10.1. The van der Waals surface area contributed by atoms with Gasteiger partial charge in [-0.2, -0.15) is 0 Å². The van der Waals surface area contributed by atoms with E-state index >= 15 is 0 Å². The van der Waals surface area contributed by atoms with E-state index in [-0.39, 0.29) is 10.6 Å². The molecular formula is C30H22Cl2N4OS2. The first kappa shape index (κ1) is 27.2. The van der Waals surface area contributed by atoms with Crippen molar-refractivity contribution >= 4 is 67.6 Å². The van der Waals surface area contributed by atoms with E-state index in [2.05, 4.69) is 38.3 Å². The molecule has 0 aliphatic rings. The molecule has 0 aliphatic carbocycles. The van der Waals surface area contributed by atoms with Crippen molar-refractivity contribution in [3.63, 3.8) is 0 Å². The molecule has 6 aromatic rings. The number of nitrogens with zero attached hydrogens (tertiary/aromatic N) is 4. The van der Waals surface area contributed by atoms with Crippen LogP contribution in [0.4, 0.5) is 0 Å². The van der Waals surface area contributed by atoms with E-state index in [0.717, 1.165) is 43.5 Å². The van der Waals surface area contributed by atoms with Crippen molar-refractivity contribution in [1.29, 1.82) is 0 Å². The van der Waals surface area contributed by atoms with Crippen molar-refractivity contribution in [2.45, 2.75) is 9.79 Å². The normalized spacial score (nSPS) is 11.7. The highest BCUT2D eigenvalue weighted by atomic mass is 35.5. The lowest BCUT2D eigenvalue weighted by Gasteiger charge is -2.09. The minimum atomic E-state index is -1.09. The molecule has 6 rings (SSSR count). The van der Waals surface area contributed by atoms with Crippen molar-refractivity contribution < 1.29 is 4.21 Å². The molecule has 9 heteroatoms. The average molecular weight is 590 g/mol. The average Bonchev–Trinajstić information content (AvgIpc) is 2.96. The summed E-state index contributed by atoms with van der Waals surface area (Å²) in [5.41, 5.74) is 5.17. The maximum absolute atomic E-state index is 11.9. The molecule has 194 valence electrons. The second kappa shape index (κ2) is 12.2. The zero-order valence-electron chi connectivity index (χ0n) is 21.0. The Kier molecular flexibility index (Phi) is 8.53. The molecule has 2 aromatic heterocycles. The summed E-state index contributed by atoms with van der Waals surface area (Å²) in [6.45, 7) is 0. The monoisotopic (exact) mass is 588 g/mol. The molecule has 0 amide bonds. The van der Waals surface area contributed by atoms with Crippen molar-refractivity contribution in [1.82, 2.24) is 19.9 Å². The van der Waals surface area contributed by atoms with Gasteiger partial charge in [-0.1, -0.05) is 72.8 Å². The Morgan fingerprint density at radius 2 is 1.08 bits per heavy atom. The van der Waals surface area contributed by atoms with Crippen LogP contribution < -0.4 is 0 Å². The molecule has 0 saturated carbocycles. The van der Waals surface area contributed by atoms with Gasteiger partial charge in [-0.3, -0.25) is 4.21 Å². The molecule has 0 radical (unpaired) electrons. The Balaban J connectivity index is 0.000000158. The second-order valence-electron chi connectivity index (χ2n) is 8.37. The van der Waals surface area contributed by atoms with E-state index in [1.165, 1.54) is 4.90 Å². The Bertz CT molecular complexity index is 1830. The van der Waals surface area contributed by atoms with Crippen molar-refractivity contribution in [3.05, 3.63) is 108 Å². The fourth-order valence-corrected chi connectivity index (χ4v) is 5.96. The zero-order valence-corrected chi connectivity index (χ0v) is 24.2. The number of thioether (sulfide) groups is 1. The fourth-order valence-electron chi connectivity index (χ4n) is 4.26. The summed E-state index contributed by atoms with van der Waals surface area (Å²) in [4.78, 5) is 19.2. The van der Waals surface area contributed by atoms with Crippen molar-refractivity contribution in [3.8, 4) is 22.5 Å². The minimum Gasteiger partial charge on any atom is -0.255 e. The Hall–Kier alpha value is -3.36. The standard InChI is InChI=1S/C15H11ClN2OS.C15H11ClN2S/c1-20(19)13-9-5-3-7-11(13)14-10-6-2-4-8-12(10)17-15(16)18-14;1-19-13-9-5-3-7-11(13)14-10-6-2-4-8-12(10)17-15(16)18-14/h2-9H,1H3;2-9H,1H3. The van der Waals surface area contributed by atoms with Crippen LogP contribution in [0.3, 0.4) is 0 Å².